The molecular formula is C27H30N4O2. The number of nitriles is 1. The number of aryl methyl sites for hydroxylation is 1. The summed E-state index contributed by atoms with van der Waals surface area (Å²) in [5, 5.41) is 12.2. The van der Waals surface area contributed by atoms with Crippen LogP contribution in [0.15, 0.2) is 65.5 Å². The first-order valence-corrected chi connectivity index (χ1v) is 11.2. The number of nitrogens with zero attached hydrogens (tertiary/aromatic N) is 3. The zero-order valence-electron chi connectivity index (χ0n) is 19.5. The summed E-state index contributed by atoms with van der Waals surface area (Å²) >= 11 is 0. The monoisotopic (exact) mass is 442 g/mol. The summed E-state index contributed by atoms with van der Waals surface area (Å²) in [5.74, 6) is 0. The number of hydrogen-bond donors (Lipinski definition) is 1. The van der Waals surface area contributed by atoms with Crippen LogP contribution in [-0.2, 0) is 19.5 Å². The van der Waals surface area contributed by atoms with E-state index in [1.54, 1.807) is 14.1 Å². The van der Waals surface area contributed by atoms with Gasteiger partial charge in [-0.3, -0.25) is 4.79 Å². The second-order valence-electron chi connectivity index (χ2n) is 8.25. The maximum atomic E-state index is 13.3. The van der Waals surface area contributed by atoms with E-state index < -0.39 is 0 Å². The Morgan fingerprint density at radius 3 is 2.45 bits per heavy atom. The number of benzene rings is 2. The summed E-state index contributed by atoms with van der Waals surface area (Å²) in [7, 11) is 3.33. The van der Waals surface area contributed by atoms with Gasteiger partial charge in [-0.15, -0.1) is 0 Å². The molecule has 6 heteroatoms. The molecule has 3 aromatic rings. The van der Waals surface area contributed by atoms with Crippen LogP contribution in [0.3, 0.4) is 0 Å². The van der Waals surface area contributed by atoms with E-state index in [9.17, 15) is 14.9 Å². The van der Waals surface area contributed by atoms with Crippen LogP contribution in [0.25, 0.3) is 11.1 Å². The average molecular weight is 443 g/mol. The van der Waals surface area contributed by atoms with Crippen molar-refractivity contribution in [3.8, 4) is 17.2 Å². The van der Waals surface area contributed by atoms with Gasteiger partial charge < -0.3 is 14.8 Å². The molecule has 0 atom stereocenters. The van der Waals surface area contributed by atoms with E-state index in [0.717, 1.165) is 41.6 Å². The van der Waals surface area contributed by atoms with Crippen molar-refractivity contribution in [2.45, 2.75) is 39.3 Å². The minimum absolute atomic E-state index is 0.0819. The van der Waals surface area contributed by atoms with Crippen LogP contribution >= 0.6 is 0 Å². The molecule has 170 valence electrons. The zero-order valence-corrected chi connectivity index (χ0v) is 19.5. The van der Waals surface area contributed by atoms with Crippen molar-refractivity contribution in [3.05, 3.63) is 93.4 Å². The third kappa shape index (κ3) is 5.89. The van der Waals surface area contributed by atoms with Gasteiger partial charge in [0.25, 0.3) is 5.56 Å². The average Bonchev–Trinajstić information content (AvgIpc) is 2.84. The number of carbonyl (C=O) groups excluding carboxylic acids is 1. The van der Waals surface area contributed by atoms with Gasteiger partial charge in [-0.25, -0.2) is 4.79 Å². The SMILES string of the molecule is CCCCc1ccc(CNC(=O)N(C)C)c(=O)n1Cc1ccc(-c2ccccc2C#N)cc1. The largest absolute Gasteiger partial charge is 0.334 e. The second-order valence-corrected chi connectivity index (χ2v) is 8.25. The molecule has 1 aromatic heterocycles. The van der Waals surface area contributed by atoms with Gasteiger partial charge in [-0.1, -0.05) is 55.8 Å². The lowest BCUT2D eigenvalue weighted by Crippen LogP contribution is -2.36. The molecule has 2 aromatic carbocycles. The van der Waals surface area contributed by atoms with Gasteiger partial charge in [0, 0.05) is 31.9 Å². The first-order chi connectivity index (χ1) is 15.9. The second kappa shape index (κ2) is 11.1. The highest BCUT2D eigenvalue weighted by Crippen LogP contribution is 2.23. The summed E-state index contributed by atoms with van der Waals surface area (Å²) in [6, 6.07) is 21.3. The molecule has 0 saturated heterocycles. The summed E-state index contributed by atoms with van der Waals surface area (Å²) in [6.07, 6.45) is 2.87. The molecule has 1 heterocycles. The van der Waals surface area contributed by atoms with Crippen LogP contribution in [0, 0.1) is 11.3 Å². The normalized spacial score (nSPS) is 10.5. The molecule has 0 fully saturated rings. The Balaban J connectivity index is 1.89. The molecular weight excluding hydrogens is 412 g/mol. The number of unbranched alkanes of at least 4 members (excludes halogenated alkanes) is 1. The van der Waals surface area contributed by atoms with E-state index in [4.69, 9.17) is 0 Å². The first kappa shape index (κ1) is 23.8. The maximum absolute atomic E-state index is 13.3. The molecule has 0 saturated carbocycles. The van der Waals surface area contributed by atoms with Gasteiger partial charge in [-0.2, -0.15) is 5.26 Å². The number of pyridine rings is 1. The van der Waals surface area contributed by atoms with Gasteiger partial charge in [0.05, 0.1) is 18.2 Å². The summed E-state index contributed by atoms with van der Waals surface area (Å²) < 4.78 is 1.81. The molecule has 0 spiro atoms. The Morgan fingerprint density at radius 1 is 1.06 bits per heavy atom. The molecule has 2 amide bonds. The van der Waals surface area contributed by atoms with Gasteiger partial charge in [0.15, 0.2) is 0 Å². The Bertz CT molecular complexity index is 1200. The molecule has 33 heavy (non-hydrogen) atoms. The summed E-state index contributed by atoms with van der Waals surface area (Å²) in [5.41, 5.74) is 4.97. The van der Waals surface area contributed by atoms with Crippen molar-refractivity contribution in [3.63, 3.8) is 0 Å². The van der Waals surface area contributed by atoms with Gasteiger partial charge in [0.1, 0.15) is 0 Å². The third-order valence-electron chi connectivity index (χ3n) is 5.62. The smallest absolute Gasteiger partial charge is 0.317 e. The number of amides is 2. The quantitative estimate of drug-likeness (QED) is 0.556. The molecule has 3 rings (SSSR count). The fourth-order valence-electron chi connectivity index (χ4n) is 3.68. The highest BCUT2D eigenvalue weighted by molar-refractivity contribution is 5.73. The Kier molecular flexibility index (Phi) is 8.04. The van der Waals surface area contributed by atoms with Crippen molar-refractivity contribution < 1.29 is 4.79 Å². The Labute approximate surface area is 195 Å². The van der Waals surface area contributed by atoms with E-state index in [-0.39, 0.29) is 18.1 Å². The number of urea groups is 1. The van der Waals surface area contributed by atoms with E-state index in [1.807, 2.05) is 65.2 Å². The molecule has 0 bridgehead atoms. The lowest BCUT2D eigenvalue weighted by atomic mass is 9.99. The van der Waals surface area contributed by atoms with Crippen LogP contribution < -0.4 is 10.9 Å². The minimum atomic E-state index is -0.232. The van der Waals surface area contributed by atoms with Crippen LogP contribution in [0.4, 0.5) is 4.79 Å². The van der Waals surface area contributed by atoms with Gasteiger partial charge in [-0.05, 0) is 47.7 Å². The van der Waals surface area contributed by atoms with Crippen LogP contribution in [0.5, 0.6) is 0 Å². The fraction of sp³-hybridized carbons (Fsp3) is 0.296. The lowest BCUT2D eigenvalue weighted by molar-refractivity contribution is 0.217. The van der Waals surface area contributed by atoms with Crippen molar-refractivity contribution in [2.24, 2.45) is 0 Å². The van der Waals surface area contributed by atoms with Crippen molar-refractivity contribution >= 4 is 6.03 Å². The van der Waals surface area contributed by atoms with Crippen LogP contribution in [0.2, 0.25) is 0 Å². The third-order valence-corrected chi connectivity index (χ3v) is 5.62. The zero-order chi connectivity index (χ0) is 23.8. The number of hydrogen-bond acceptors (Lipinski definition) is 3. The highest BCUT2D eigenvalue weighted by Gasteiger charge is 2.12. The molecule has 6 nitrogen and oxygen atoms in total. The number of rotatable bonds is 8. The summed E-state index contributed by atoms with van der Waals surface area (Å²) in [6.45, 7) is 2.77. The minimum Gasteiger partial charge on any atom is -0.334 e. The predicted molar refractivity (Wildman–Crippen MR) is 131 cm³/mol. The molecule has 0 aliphatic heterocycles. The lowest BCUT2D eigenvalue weighted by Gasteiger charge is -2.16. The van der Waals surface area contributed by atoms with Gasteiger partial charge in [0.2, 0.25) is 0 Å². The van der Waals surface area contributed by atoms with E-state index in [1.165, 1.54) is 4.90 Å². The molecule has 0 unspecified atom stereocenters. The van der Waals surface area contributed by atoms with E-state index in [2.05, 4.69) is 18.3 Å². The molecule has 1 N–H and O–H groups in total. The Morgan fingerprint density at radius 2 is 1.79 bits per heavy atom. The van der Waals surface area contributed by atoms with Crippen LogP contribution in [0.1, 0.15) is 42.1 Å². The van der Waals surface area contributed by atoms with Gasteiger partial charge >= 0.3 is 6.03 Å². The maximum Gasteiger partial charge on any atom is 0.317 e. The highest BCUT2D eigenvalue weighted by atomic mass is 16.2. The predicted octanol–water partition coefficient (Wildman–Crippen LogP) is 4.55. The van der Waals surface area contributed by atoms with E-state index >= 15 is 0 Å². The number of aromatic nitrogens is 1. The molecule has 0 aliphatic carbocycles. The first-order valence-electron chi connectivity index (χ1n) is 11.2. The summed E-state index contributed by atoms with van der Waals surface area (Å²) in [4.78, 5) is 26.6. The van der Waals surface area contributed by atoms with Crippen molar-refractivity contribution in [1.29, 1.82) is 5.26 Å². The molecule has 0 aliphatic rings. The van der Waals surface area contributed by atoms with Crippen molar-refractivity contribution in [2.75, 3.05) is 14.1 Å². The Hall–Kier alpha value is -3.85. The number of nitrogens with one attached hydrogen (secondary N) is 1. The number of carbonyl (C=O) groups is 1. The fourth-order valence-corrected chi connectivity index (χ4v) is 3.68. The van der Waals surface area contributed by atoms with Crippen LogP contribution in [-0.4, -0.2) is 29.6 Å². The topological polar surface area (TPSA) is 78.1 Å². The standard InChI is InChI=1S/C27H30N4O2/c1-4-5-9-24-16-15-23(18-29-27(33)30(2)3)26(32)31(24)19-20-11-13-21(14-12-20)25-10-7-6-8-22(25)17-28/h6-8,10-16H,4-5,9,18-19H2,1-3H3,(H,29,33). The molecule has 0 radical (unpaired) electrons. The van der Waals surface area contributed by atoms with Crippen molar-refractivity contribution in [1.82, 2.24) is 14.8 Å². The van der Waals surface area contributed by atoms with E-state index in [0.29, 0.717) is 17.7 Å².